The molecule has 0 bridgehead atoms. The van der Waals surface area contributed by atoms with Crippen LogP contribution in [0.5, 0.6) is 0 Å². The van der Waals surface area contributed by atoms with Gasteiger partial charge in [-0.15, -0.1) is 12.4 Å². The number of aromatic nitrogens is 3. The Balaban J connectivity index is 0.00000192. The normalized spacial score (nSPS) is 11.1. The van der Waals surface area contributed by atoms with Gasteiger partial charge in [-0.3, -0.25) is 14.6 Å². The molecular formula is C17H18ClN3O2. The summed E-state index contributed by atoms with van der Waals surface area (Å²) in [7, 11) is 0. The lowest BCUT2D eigenvalue weighted by Crippen LogP contribution is -2.04. The number of H-pyrrole nitrogens is 1. The van der Waals surface area contributed by atoms with E-state index in [2.05, 4.69) is 10.1 Å². The summed E-state index contributed by atoms with van der Waals surface area (Å²) in [6.07, 6.45) is 6.86. The van der Waals surface area contributed by atoms with E-state index in [0.717, 1.165) is 5.69 Å². The van der Waals surface area contributed by atoms with Gasteiger partial charge < -0.3 is 4.42 Å². The average Bonchev–Trinajstić information content (AvgIpc) is 3.13. The van der Waals surface area contributed by atoms with Crippen molar-refractivity contribution in [2.24, 2.45) is 0 Å². The lowest BCUT2D eigenvalue weighted by atomic mass is 10.2. The first-order valence-electron chi connectivity index (χ1n) is 7.14. The van der Waals surface area contributed by atoms with Gasteiger partial charge in [0, 0.05) is 12.1 Å². The minimum atomic E-state index is -0.146. The van der Waals surface area contributed by atoms with E-state index >= 15 is 0 Å². The standard InChI is InChI=1S/C17H17N3O2.ClH/c1-12(2)17-18-14(11-22-17)9-8-13-10-20(19-16(13)21)15-6-4-3-5-7-15;/h3-12H,1-2H3,(H,19,21);1H. The monoisotopic (exact) mass is 331 g/mol. The molecule has 120 valence electrons. The number of oxazole rings is 1. The van der Waals surface area contributed by atoms with Crippen LogP contribution in [0.2, 0.25) is 0 Å². The Hall–Kier alpha value is -2.53. The minimum Gasteiger partial charge on any atom is -0.448 e. The van der Waals surface area contributed by atoms with E-state index in [4.69, 9.17) is 4.42 Å². The van der Waals surface area contributed by atoms with E-state index in [1.54, 1.807) is 29.3 Å². The van der Waals surface area contributed by atoms with Crippen LogP contribution < -0.4 is 5.56 Å². The molecule has 2 aromatic heterocycles. The molecule has 3 aromatic rings. The molecule has 1 aromatic carbocycles. The summed E-state index contributed by atoms with van der Waals surface area (Å²) < 4.78 is 7.06. The van der Waals surface area contributed by atoms with Crippen LogP contribution in [0.3, 0.4) is 0 Å². The van der Waals surface area contributed by atoms with Crippen molar-refractivity contribution < 1.29 is 4.42 Å². The molecule has 0 aliphatic heterocycles. The third-order valence-electron chi connectivity index (χ3n) is 3.25. The molecule has 0 aliphatic rings. The summed E-state index contributed by atoms with van der Waals surface area (Å²) in [5.41, 5.74) is 2.03. The highest BCUT2D eigenvalue weighted by atomic mass is 35.5. The van der Waals surface area contributed by atoms with Gasteiger partial charge in [-0.1, -0.05) is 32.0 Å². The molecule has 0 saturated carbocycles. The molecule has 6 heteroatoms. The smallest absolute Gasteiger partial charge is 0.271 e. The zero-order valence-electron chi connectivity index (χ0n) is 12.9. The Morgan fingerprint density at radius 1 is 1.22 bits per heavy atom. The number of rotatable bonds is 4. The topological polar surface area (TPSA) is 63.8 Å². The summed E-state index contributed by atoms with van der Waals surface area (Å²) in [6.45, 7) is 4.04. The van der Waals surface area contributed by atoms with Crippen molar-refractivity contribution in [3.8, 4) is 5.69 Å². The van der Waals surface area contributed by atoms with E-state index in [1.807, 2.05) is 44.2 Å². The van der Waals surface area contributed by atoms with Gasteiger partial charge in [0.15, 0.2) is 5.89 Å². The number of nitrogens with one attached hydrogen (secondary N) is 1. The lowest BCUT2D eigenvalue weighted by Gasteiger charge is -1.99. The van der Waals surface area contributed by atoms with Crippen LogP contribution >= 0.6 is 12.4 Å². The first kappa shape index (κ1) is 16.8. The Morgan fingerprint density at radius 2 is 1.96 bits per heavy atom. The third-order valence-corrected chi connectivity index (χ3v) is 3.25. The number of nitrogens with zero attached hydrogens (tertiary/aromatic N) is 2. The van der Waals surface area contributed by atoms with E-state index in [1.165, 1.54) is 0 Å². The largest absolute Gasteiger partial charge is 0.448 e. The van der Waals surface area contributed by atoms with Crippen molar-refractivity contribution in [3.05, 3.63) is 70.3 Å². The Labute approximate surface area is 140 Å². The summed E-state index contributed by atoms with van der Waals surface area (Å²) in [4.78, 5) is 16.3. The fourth-order valence-corrected chi connectivity index (χ4v) is 2.07. The molecule has 0 saturated heterocycles. The van der Waals surface area contributed by atoms with Gasteiger partial charge in [-0.25, -0.2) is 4.98 Å². The summed E-state index contributed by atoms with van der Waals surface area (Å²) >= 11 is 0. The maximum atomic E-state index is 12.0. The number of halogens is 1. The molecule has 0 atom stereocenters. The van der Waals surface area contributed by atoms with E-state index in [-0.39, 0.29) is 23.9 Å². The first-order chi connectivity index (χ1) is 10.6. The summed E-state index contributed by atoms with van der Waals surface area (Å²) in [6, 6.07) is 9.63. The molecule has 2 heterocycles. The molecule has 3 rings (SSSR count). The molecule has 0 radical (unpaired) electrons. The van der Waals surface area contributed by atoms with E-state index in [9.17, 15) is 4.79 Å². The molecule has 0 amide bonds. The molecule has 0 spiro atoms. The molecule has 0 unspecified atom stereocenters. The van der Waals surface area contributed by atoms with E-state index in [0.29, 0.717) is 17.1 Å². The minimum absolute atomic E-state index is 0. The summed E-state index contributed by atoms with van der Waals surface area (Å²) in [5.74, 6) is 0.931. The predicted molar refractivity (Wildman–Crippen MR) is 93.2 cm³/mol. The zero-order valence-corrected chi connectivity index (χ0v) is 13.7. The highest BCUT2D eigenvalue weighted by molar-refractivity contribution is 5.85. The van der Waals surface area contributed by atoms with Gasteiger partial charge in [-0.05, 0) is 24.3 Å². The molecular weight excluding hydrogens is 314 g/mol. The first-order valence-corrected chi connectivity index (χ1v) is 7.14. The molecule has 0 fully saturated rings. The number of benzene rings is 1. The van der Waals surface area contributed by atoms with Crippen molar-refractivity contribution >= 4 is 24.6 Å². The fourth-order valence-electron chi connectivity index (χ4n) is 2.07. The van der Waals surface area contributed by atoms with Crippen molar-refractivity contribution in [2.45, 2.75) is 19.8 Å². The SMILES string of the molecule is CC(C)c1nc(C=Cc2cn(-c3ccccc3)[nH]c2=O)co1.Cl. The van der Waals surface area contributed by atoms with Gasteiger partial charge in [0.1, 0.15) is 12.0 Å². The highest BCUT2D eigenvalue weighted by Gasteiger charge is 2.06. The second-order valence-corrected chi connectivity index (χ2v) is 5.33. The van der Waals surface area contributed by atoms with Gasteiger partial charge in [0.25, 0.3) is 5.56 Å². The van der Waals surface area contributed by atoms with Gasteiger partial charge in [0.2, 0.25) is 0 Å². The van der Waals surface area contributed by atoms with Crippen LogP contribution in [0.4, 0.5) is 0 Å². The lowest BCUT2D eigenvalue weighted by molar-refractivity contribution is 0.471. The second kappa shape index (κ2) is 7.15. The maximum absolute atomic E-state index is 12.0. The van der Waals surface area contributed by atoms with Crippen LogP contribution in [0.1, 0.15) is 36.9 Å². The van der Waals surface area contributed by atoms with Crippen LogP contribution in [-0.2, 0) is 0 Å². The Bertz CT molecular complexity index is 844. The third kappa shape index (κ3) is 3.81. The Kier molecular flexibility index (Phi) is 5.24. The second-order valence-electron chi connectivity index (χ2n) is 5.33. The van der Waals surface area contributed by atoms with Gasteiger partial charge in [0.05, 0.1) is 11.3 Å². The summed E-state index contributed by atoms with van der Waals surface area (Å²) in [5, 5.41) is 2.79. The molecule has 5 nitrogen and oxygen atoms in total. The van der Waals surface area contributed by atoms with Crippen LogP contribution in [0.25, 0.3) is 17.8 Å². The average molecular weight is 332 g/mol. The van der Waals surface area contributed by atoms with Crippen molar-refractivity contribution in [3.63, 3.8) is 0 Å². The fraction of sp³-hybridized carbons (Fsp3) is 0.176. The van der Waals surface area contributed by atoms with Crippen molar-refractivity contribution in [1.29, 1.82) is 0 Å². The zero-order chi connectivity index (χ0) is 15.5. The van der Waals surface area contributed by atoms with Gasteiger partial charge in [-0.2, -0.15) is 0 Å². The van der Waals surface area contributed by atoms with Crippen LogP contribution in [0.15, 0.2) is 52.0 Å². The number of hydrogen-bond donors (Lipinski definition) is 1. The maximum Gasteiger partial charge on any atom is 0.271 e. The molecule has 23 heavy (non-hydrogen) atoms. The van der Waals surface area contributed by atoms with Gasteiger partial charge >= 0.3 is 0 Å². The van der Waals surface area contributed by atoms with Crippen LogP contribution in [-0.4, -0.2) is 14.8 Å². The van der Waals surface area contributed by atoms with Crippen molar-refractivity contribution in [1.82, 2.24) is 14.8 Å². The number of para-hydroxylation sites is 1. The Morgan fingerprint density at radius 3 is 2.61 bits per heavy atom. The quantitative estimate of drug-likeness (QED) is 0.789. The highest BCUT2D eigenvalue weighted by Crippen LogP contribution is 2.14. The molecule has 1 N–H and O–H groups in total. The number of hydrogen-bond acceptors (Lipinski definition) is 3. The van der Waals surface area contributed by atoms with Crippen LogP contribution in [0, 0.1) is 0 Å². The van der Waals surface area contributed by atoms with Crippen molar-refractivity contribution in [2.75, 3.05) is 0 Å². The van der Waals surface area contributed by atoms with E-state index < -0.39 is 0 Å². The predicted octanol–water partition coefficient (Wildman–Crippen LogP) is 3.87. The number of aromatic amines is 1. The molecule has 0 aliphatic carbocycles.